The van der Waals surface area contributed by atoms with Crippen molar-refractivity contribution in [3.05, 3.63) is 52.2 Å². The fourth-order valence-corrected chi connectivity index (χ4v) is 3.52. The Bertz CT molecular complexity index is 641. The molecule has 0 fully saturated rings. The molecule has 0 saturated heterocycles. The number of rotatable bonds is 8. The normalized spacial score (nSPS) is 13.4. The molecule has 0 aliphatic heterocycles. The zero-order valence-electron chi connectivity index (χ0n) is 15.0. The Morgan fingerprint density at radius 2 is 1.96 bits per heavy atom. The third-order valence-corrected chi connectivity index (χ3v) is 5.10. The van der Waals surface area contributed by atoms with Gasteiger partial charge in [0.05, 0.1) is 6.04 Å². The van der Waals surface area contributed by atoms with Gasteiger partial charge in [0.25, 0.3) is 0 Å². The lowest BCUT2D eigenvalue weighted by molar-refractivity contribution is 0.230. The summed E-state index contributed by atoms with van der Waals surface area (Å²) in [4.78, 5) is 15.5. The van der Waals surface area contributed by atoms with Crippen molar-refractivity contribution in [3.63, 3.8) is 0 Å². The van der Waals surface area contributed by atoms with Gasteiger partial charge < -0.3 is 20.6 Å². The fraction of sp³-hybridized carbons (Fsp3) is 0.421. The van der Waals surface area contributed by atoms with Crippen LogP contribution in [0, 0.1) is 0 Å². The minimum Gasteiger partial charge on any atom is -0.508 e. The number of phenolic OH excluding ortho intramolecular Hbond substituents is 1. The maximum Gasteiger partial charge on any atom is 0.315 e. The molecular formula is C19H27N3O2S. The second-order valence-electron chi connectivity index (χ2n) is 6.46. The summed E-state index contributed by atoms with van der Waals surface area (Å²) in [5.74, 6) is 0.274. The summed E-state index contributed by atoms with van der Waals surface area (Å²) in [6, 6.07) is 11.4. The third kappa shape index (κ3) is 6.40. The van der Waals surface area contributed by atoms with E-state index >= 15 is 0 Å². The molecule has 6 heteroatoms. The van der Waals surface area contributed by atoms with Gasteiger partial charge in [0.1, 0.15) is 5.75 Å². The van der Waals surface area contributed by atoms with Gasteiger partial charge in [-0.15, -0.1) is 11.3 Å². The predicted octanol–water partition coefficient (Wildman–Crippen LogP) is 3.38. The van der Waals surface area contributed by atoms with Crippen LogP contribution < -0.4 is 10.6 Å². The van der Waals surface area contributed by atoms with Gasteiger partial charge >= 0.3 is 6.03 Å². The average Bonchev–Trinajstić information content (AvgIpc) is 3.08. The van der Waals surface area contributed by atoms with Gasteiger partial charge in [-0.2, -0.15) is 0 Å². The van der Waals surface area contributed by atoms with Crippen molar-refractivity contribution < 1.29 is 9.90 Å². The van der Waals surface area contributed by atoms with Crippen molar-refractivity contribution in [1.29, 1.82) is 0 Å². The molecule has 2 amide bonds. The standard InChI is InChI=1S/C19H27N3O2S/c1-14(6-7-15-8-10-16(23)11-9-15)21-19(24)20-13-17(22(2)3)18-5-4-12-25-18/h4-5,8-12,14,17,23H,6-7,13H2,1-3H3,(H2,20,21,24). The topological polar surface area (TPSA) is 64.6 Å². The van der Waals surface area contributed by atoms with Crippen LogP contribution in [0.15, 0.2) is 41.8 Å². The Morgan fingerprint density at radius 3 is 2.56 bits per heavy atom. The predicted molar refractivity (Wildman–Crippen MR) is 103 cm³/mol. The van der Waals surface area contributed by atoms with Crippen molar-refractivity contribution >= 4 is 17.4 Å². The number of phenols is 1. The molecule has 0 saturated carbocycles. The van der Waals surface area contributed by atoms with Crippen LogP contribution in [0.25, 0.3) is 0 Å². The van der Waals surface area contributed by atoms with Crippen molar-refractivity contribution in [2.45, 2.75) is 31.8 Å². The number of carbonyl (C=O) groups is 1. The molecule has 136 valence electrons. The zero-order valence-corrected chi connectivity index (χ0v) is 15.8. The van der Waals surface area contributed by atoms with Crippen LogP contribution >= 0.6 is 11.3 Å². The highest BCUT2D eigenvalue weighted by molar-refractivity contribution is 7.10. The Morgan fingerprint density at radius 1 is 1.24 bits per heavy atom. The minimum absolute atomic E-state index is 0.0772. The number of nitrogens with zero attached hydrogens (tertiary/aromatic N) is 1. The smallest absolute Gasteiger partial charge is 0.315 e. The molecule has 2 unspecified atom stereocenters. The summed E-state index contributed by atoms with van der Waals surface area (Å²) in [5, 5.41) is 17.3. The maximum absolute atomic E-state index is 12.1. The molecular weight excluding hydrogens is 334 g/mol. The van der Waals surface area contributed by atoms with E-state index in [-0.39, 0.29) is 23.9 Å². The Balaban J connectivity index is 1.74. The van der Waals surface area contributed by atoms with Crippen LogP contribution in [-0.4, -0.2) is 42.7 Å². The van der Waals surface area contributed by atoms with E-state index in [4.69, 9.17) is 0 Å². The Labute approximate surface area is 153 Å². The largest absolute Gasteiger partial charge is 0.508 e. The second kappa shape index (κ2) is 9.44. The molecule has 0 radical (unpaired) electrons. The van der Waals surface area contributed by atoms with Gasteiger partial charge in [-0.05, 0) is 63.0 Å². The van der Waals surface area contributed by atoms with E-state index in [0.29, 0.717) is 6.54 Å². The third-order valence-electron chi connectivity index (χ3n) is 4.13. The summed E-state index contributed by atoms with van der Waals surface area (Å²) >= 11 is 1.70. The number of hydrogen-bond donors (Lipinski definition) is 3. The number of hydrogen-bond acceptors (Lipinski definition) is 4. The minimum atomic E-state index is -0.137. The molecule has 0 aliphatic rings. The number of aryl methyl sites for hydroxylation is 1. The van der Waals surface area contributed by atoms with Crippen molar-refractivity contribution in [1.82, 2.24) is 15.5 Å². The first-order valence-electron chi connectivity index (χ1n) is 8.48. The van der Waals surface area contributed by atoms with Gasteiger partial charge in [0.2, 0.25) is 0 Å². The van der Waals surface area contributed by atoms with E-state index in [0.717, 1.165) is 18.4 Å². The Kier molecular flexibility index (Phi) is 7.28. The number of urea groups is 1. The van der Waals surface area contributed by atoms with Crippen molar-refractivity contribution in [3.8, 4) is 5.75 Å². The van der Waals surface area contributed by atoms with Crippen LogP contribution in [-0.2, 0) is 6.42 Å². The monoisotopic (exact) mass is 361 g/mol. The van der Waals surface area contributed by atoms with E-state index < -0.39 is 0 Å². The highest BCUT2D eigenvalue weighted by Crippen LogP contribution is 2.22. The Hall–Kier alpha value is -2.05. The van der Waals surface area contributed by atoms with E-state index in [1.54, 1.807) is 23.5 Å². The molecule has 0 aliphatic carbocycles. The number of amides is 2. The molecule has 0 spiro atoms. The summed E-state index contributed by atoms with van der Waals surface area (Å²) in [5.41, 5.74) is 1.15. The van der Waals surface area contributed by atoms with Crippen LogP contribution in [0.3, 0.4) is 0 Å². The molecule has 1 aromatic carbocycles. The zero-order chi connectivity index (χ0) is 18.2. The SMILES string of the molecule is CC(CCc1ccc(O)cc1)NC(=O)NCC(c1cccs1)N(C)C. The van der Waals surface area contributed by atoms with Crippen LogP contribution in [0.4, 0.5) is 4.79 Å². The van der Waals surface area contributed by atoms with Gasteiger partial charge in [-0.3, -0.25) is 0 Å². The van der Waals surface area contributed by atoms with E-state index in [1.165, 1.54) is 4.88 Å². The molecule has 2 aromatic rings. The number of carbonyl (C=O) groups excluding carboxylic acids is 1. The highest BCUT2D eigenvalue weighted by Gasteiger charge is 2.16. The molecule has 3 N–H and O–H groups in total. The van der Waals surface area contributed by atoms with Gasteiger partial charge in [0, 0.05) is 17.5 Å². The van der Waals surface area contributed by atoms with Crippen molar-refractivity contribution in [2.75, 3.05) is 20.6 Å². The van der Waals surface area contributed by atoms with E-state index in [9.17, 15) is 9.90 Å². The van der Waals surface area contributed by atoms with E-state index in [1.807, 2.05) is 39.2 Å². The lowest BCUT2D eigenvalue weighted by Gasteiger charge is -2.24. The van der Waals surface area contributed by atoms with Gasteiger partial charge in [-0.25, -0.2) is 4.79 Å². The molecule has 2 atom stereocenters. The highest BCUT2D eigenvalue weighted by atomic mass is 32.1. The number of thiophene rings is 1. The lowest BCUT2D eigenvalue weighted by atomic mass is 10.1. The first-order valence-corrected chi connectivity index (χ1v) is 9.35. The average molecular weight is 362 g/mol. The molecule has 25 heavy (non-hydrogen) atoms. The first kappa shape index (κ1) is 19.3. The summed E-state index contributed by atoms with van der Waals surface area (Å²) < 4.78 is 0. The maximum atomic E-state index is 12.1. The summed E-state index contributed by atoms with van der Waals surface area (Å²) in [7, 11) is 4.04. The first-order chi connectivity index (χ1) is 12.0. The number of benzene rings is 1. The summed E-state index contributed by atoms with van der Waals surface area (Å²) in [6.45, 7) is 2.58. The quantitative estimate of drug-likeness (QED) is 0.675. The molecule has 5 nitrogen and oxygen atoms in total. The fourth-order valence-electron chi connectivity index (χ4n) is 2.60. The van der Waals surface area contributed by atoms with Crippen molar-refractivity contribution in [2.24, 2.45) is 0 Å². The van der Waals surface area contributed by atoms with Gasteiger partial charge in [-0.1, -0.05) is 18.2 Å². The van der Waals surface area contributed by atoms with Crippen LogP contribution in [0.5, 0.6) is 5.75 Å². The van der Waals surface area contributed by atoms with E-state index in [2.05, 4.69) is 27.0 Å². The summed E-state index contributed by atoms with van der Waals surface area (Å²) in [6.07, 6.45) is 1.71. The molecule has 0 bridgehead atoms. The second-order valence-corrected chi connectivity index (χ2v) is 7.43. The number of nitrogens with one attached hydrogen (secondary N) is 2. The lowest BCUT2D eigenvalue weighted by Crippen LogP contribution is -2.43. The molecule has 2 rings (SSSR count). The number of likely N-dealkylation sites (N-methyl/N-ethyl adjacent to an activating group) is 1. The van der Waals surface area contributed by atoms with Crippen LogP contribution in [0.2, 0.25) is 0 Å². The molecule has 1 heterocycles. The van der Waals surface area contributed by atoms with Crippen LogP contribution in [0.1, 0.15) is 29.8 Å². The molecule has 1 aromatic heterocycles. The number of aromatic hydroxyl groups is 1. The van der Waals surface area contributed by atoms with Gasteiger partial charge in [0.15, 0.2) is 0 Å².